The maximum absolute atomic E-state index is 11.7. The van der Waals surface area contributed by atoms with Gasteiger partial charge in [-0.25, -0.2) is 4.79 Å². The van der Waals surface area contributed by atoms with Gasteiger partial charge in [0.05, 0.1) is 17.2 Å². The lowest BCUT2D eigenvalue weighted by atomic mass is 10.1. The highest BCUT2D eigenvalue weighted by Gasteiger charge is 2.36. The molecule has 2 amide bonds. The summed E-state index contributed by atoms with van der Waals surface area (Å²) >= 11 is 0. The molecule has 0 atom stereocenters. The van der Waals surface area contributed by atoms with E-state index in [2.05, 4.69) is 0 Å². The number of nitrogens with zero attached hydrogens (tertiary/aromatic N) is 1. The number of benzene rings is 1. The molecule has 1 aromatic carbocycles. The van der Waals surface area contributed by atoms with Crippen LogP contribution in [0.3, 0.4) is 0 Å². The van der Waals surface area contributed by atoms with Crippen LogP contribution in [0.15, 0.2) is 36.6 Å². The summed E-state index contributed by atoms with van der Waals surface area (Å²) in [7, 11) is 0. The lowest BCUT2D eigenvalue weighted by Gasteiger charge is -2.09. The predicted molar refractivity (Wildman–Crippen MR) is 54.8 cm³/mol. The summed E-state index contributed by atoms with van der Waals surface area (Å²) in [5.41, 5.74) is 0.474. The highest BCUT2D eigenvalue weighted by atomic mass is 16.7. The van der Waals surface area contributed by atoms with Crippen LogP contribution in [-0.4, -0.2) is 28.0 Å². The number of hydrogen-bond acceptors (Lipinski definition) is 4. The third kappa shape index (κ3) is 1.87. The second kappa shape index (κ2) is 4.09. The molecule has 1 aliphatic heterocycles. The van der Waals surface area contributed by atoms with Crippen LogP contribution in [-0.2, 0) is 9.63 Å². The van der Waals surface area contributed by atoms with Crippen LogP contribution in [0.5, 0.6) is 0 Å². The average Bonchev–Trinajstić information content (AvgIpc) is 2.54. The number of carbonyl (C=O) groups is 3. The van der Waals surface area contributed by atoms with Crippen molar-refractivity contribution in [2.75, 3.05) is 0 Å². The van der Waals surface area contributed by atoms with Gasteiger partial charge in [0.25, 0.3) is 11.8 Å². The summed E-state index contributed by atoms with van der Waals surface area (Å²) in [4.78, 5) is 38.3. The second-order valence-corrected chi connectivity index (χ2v) is 3.20. The number of hydroxylamine groups is 2. The van der Waals surface area contributed by atoms with Gasteiger partial charge in [0.1, 0.15) is 6.26 Å². The Labute approximate surface area is 95.7 Å². The summed E-state index contributed by atoms with van der Waals surface area (Å²) in [6.07, 6.45) is 1.45. The van der Waals surface area contributed by atoms with Crippen molar-refractivity contribution in [3.8, 4) is 0 Å². The standard InChI is InChI=1S/C11H7NO5/c13-9(14)5-6-17-12-10(15)7-3-1-2-4-8(7)11(12)16/h1-6H,(H,13,14). The first-order valence-electron chi connectivity index (χ1n) is 4.65. The smallest absolute Gasteiger partial charge is 0.331 e. The van der Waals surface area contributed by atoms with Gasteiger partial charge in [0.2, 0.25) is 0 Å². The molecule has 0 radical (unpaired) electrons. The van der Waals surface area contributed by atoms with Crippen molar-refractivity contribution in [2.45, 2.75) is 0 Å². The van der Waals surface area contributed by atoms with E-state index in [9.17, 15) is 14.4 Å². The van der Waals surface area contributed by atoms with E-state index in [0.29, 0.717) is 11.1 Å². The minimum atomic E-state index is -1.23. The maximum Gasteiger partial charge on any atom is 0.331 e. The van der Waals surface area contributed by atoms with Crippen LogP contribution in [0, 0.1) is 0 Å². The first-order valence-corrected chi connectivity index (χ1v) is 4.65. The maximum atomic E-state index is 11.7. The molecule has 86 valence electrons. The van der Waals surface area contributed by atoms with Gasteiger partial charge in [-0.2, -0.15) is 0 Å². The fourth-order valence-corrected chi connectivity index (χ4v) is 1.41. The van der Waals surface area contributed by atoms with E-state index >= 15 is 0 Å². The zero-order valence-corrected chi connectivity index (χ0v) is 8.49. The number of amides is 2. The highest BCUT2D eigenvalue weighted by Crippen LogP contribution is 2.22. The molecule has 17 heavy (non-hydrogen) atoms. The van der Waals surface area contributed by atoms with E-state index in [1.165, 1.54) is 12.1 Å². The van der Waals surface area contributed by atoms with Crippen LogP contribution in [0.1, 0.15) is 20.7 Å². The Morgan fingerprint density at radius 3 is 2.18 bits per heavy atom. The average molecular weight is 233 g/mol. The van der Waals surface area contributed by atoms with E-state index in [0.717, 1.165) is 6.26 Å². The molecule has 0 saturated heterocycles. The molecule has 0 aromatic heterocycles. The van der Waals surface area contributed by atoms with E-state index < -0.39 is 17.8 Å². The summed E-state index contributed by atoms with van der Waals surface area (Å²) in [5, 5.41) is 8.86. The molecule has 0 bridgehead atoms. The lowest BCUT2D eigenvalue weighted by Crippen LogP contribution is -2.28. The highest BCUT2D eigenvalue weighted by molar-refractivity contribution is 6.20. The van der Waals surface area contributed by atoms with Gasteiger partial charge >= 0.3 is 5.97 Å². The minimum absolute atomic E-state index is 0.237. The molecule has 0 aliphatic carbocycles. The molecule has 0 spiro atoms. The Bertz CT molecular complexity index is 499. The van der Waals surface area contributed by atoms with Crippen molar-refractivity contribution in [3.05, 3.63) is 47.7 Å². The normalized spacial score (nSPS) is 14.2. The molecule has 1 aliphatic rings. The van der Waals surface area contributed by atoms with Crippen LogP contribution in [0.25, 0.3) is 0 Å². The number of fused-ring (bicyclic) bond motifs is 1. The minimum Gasteiger partial charge on any atom is -0.478 e. The summed E-state index contributed by atoms with van der Waals surface area (Å²) in [5.74, 6) is -2.46. The van der Waals surface area contributed by atoms with Gasteiger partial charge in [0.15, 0.2) is 0 Å². The zero-order chi connectivity index (χ0) is 12.4. The number of aliphatic carboxylic acids is 1. The molecule has 0 saturated carbocycles. The summed E-state index contributed by atoms with van der Waals surface area (Å²) in [6, 6.07) is 6.25. The number of hydrogen-bond donors (Lipinski definition) is 1. The van der Waals surface area contributed by atoms with Gasteiger partial charge in [-0.05, 0) is 12.1 Å². The molecule has 6 nitrogen and oxygen atoms in total. The Morgan fingerprint density at radius 2 is 1.71 bits per heavy atom. The lowest BCUT2D eigenvalue weighted by molar-refractivity contribution is -0.131. The van der Waals surface area contributed by atoms with Crippen molar-refractivity contribution >= 4 is 17.8 Å². The third-order valence-corrected chi connectivity index (χ3v) is 2.13. The number of rotatable bonds is 3. The van der Waals surface area contributed by atoms with Crippen molar-refractivity contribution in [1.82, 2.24) is 5.06 Å². The Balaban J connectivity index is 2.22. The molecule has 0 fully saturated rings. The van der Waals surface area contributed by atoms with Gasteiger partial charge in [-0.3, -0.25) is 9.59 Å². The van der Waals surface area contributed by atoms with E-state index in [-0.39, 0.29) is 11.1 Å². The van der Waals surface area contributed by atoms with E-state index in [4.69, 9.17) is 9.94 Å². The number of carboxylic acids is 1. The van der Waals surface area contributed by atoms with E-state index in [1.54, 1.807) is 12.1 Å². The van der Waals surface area contributed by atoms with Crippen molar-refractivity contribution in [1.29, 1.82) is 0 Å². The molecular weight excluding hydrogens is 226 g/mol. The number of imide groups is 1. The largest absolute Gasteiger partial charge is 0.478 e. The van der Waals surface area contributed by atoms with Gasteiger partial charge in [0, 0.05) is 0 Å². The van der Waals surface area contributed by atoms with Crippen molar-refractivity contribution in [2.24, 2.45) is 0 Å². The molecular formula is C11H7NO5. The summed E-state index contributed by atoms with van der Waals surface area (Å²) in [6.45, 7) is 0. The molecule has 1 aromatic rings. The Hall–Kier alpha value is -2.63. The fraction of sp³-hybridized carbons (Fsp3) is 0. The molecule has 6 heteroatoms. The van der Waals surface area contributed by atoms with Gasteiger partial charge < -0.3 is 9.94 Å². The first kappa shape index (κ1) is 10.9. The summed E-state index contributed by atoms with van der Waals surface area (Å²) < 4.78 is 0. The molecule has 0 unspecified atom stereocenters. The van der Waals surface area contributed by atoms with Crippen LogP contribution >= 0.6 is 0 Å². The zero-order valence-electron chi connectivity index (χ0n) is 8.49. The monoisotopic (exact) mass is 233 g/mol. The molecule has 1 heterocycles. The Morgan fingerprint density at radius 1 is 1.18 bits per heavy atom. The first-order chi connectivity index (χ1) is 8.11. The fourth-order valence-electron chi connectivity index (χ4n) is 1.41. The Kier molecular flexibility index (Phi) is 2.61. The SMILES string of the molecule is O=C(O)C=CON1C(=O)c2ccccc2C1=O. The van der Waals surface area contributed by atoms with Gasteiger partial charge in [-0.15, -0.1) is 0 Å². The number of carboxylic acid groups (broad SMARTS) is 1. The van der Waals surface area contributed by atoms with Crippen molar-refractivity contribution < 1.29 is 24.3 Å². The third-order valence-electron chi connectivity index (χ3n) is 2.13. The predicted octanol–water partition coefficient (Wildman–Crippen LogP) is 0.813. The van der Waals surface area contributed by atoms with E-state index in [1.807, 2.05) is 0 Å². The molecule has 2 rings (SSSR count). The van der Waals surface area contributed by atoms with Crippen LogP contribution in [0.2, 0.25) is 0 Å². The quantitative estimate of drug-likeness (QED) is 0.474. The number of carbonyl (C=O) groups excluding carboxylic acids is 2. The van der Waals surface area contributed by atoms with Crippen LogP contribution in [0.4, 0.5) is 0 Å². The van der Waals surface area contributed by atoms with Crippen LogP contribution < -0.4 is 0 Å². The van der Waals surface area contributed by atoms with Gasteiger partial charge in [-0.1, -0.05) is 17.2 Å². The van der Waals surface area contributed by atoms with Crippen molar-refractivity contribution in [3.63, 3.8) is 0 Å². The topological polar surface area (TPSA) is 83.9 Å². The molecule has 1 N–H and O–H groups in total. The second-order valence-electron chi connectivity index (χ2n) is 3.20.